The van der Waals surface area contributed by atoms with Crippen LogP contribution in [-0.2, 0) is 5.54 Å². The number of nitrogens with one attached hydrogen (secondary N) is 3. The molecule has 0 bridgehead atoms. The van der Waals surface area contributed by atoms with Crippen LogP contribution < -0.4 is 10.6 Å². The number of H-pyrrole nitrogens is 1. The number of aromatic amines is 1. The molecular weight excluding hydrogens is 471 g/mol. The van der Waals surface area contributed by atoms with E-state index in [1.807, 2.05) is 37.3 Å². The molecule has 2 aromatic heterocycles. The van der Waals surface area contributed by atoms with E-state index in [1.54, 1.807) is 24.4 Å². The van der Waals surface area contributed by atoms with Gasteiger partial charge in [-0.3, -0.25) is 0 Å². The van der Waals surface area contributed by atoms with Gasteiger partial charge in [0.15, 0.2) is 0 Å². The summed E-state index contributed by atoms with van der Waals surface area (Å²) < 4.78 is 13.7. The molecule has 2 aromatic carbocycles. The highest BCUT2D eigenvalue weighted by molar-refractivity contribution is 5.77. The van der Waals surface area contributed by atoms with E-state index in [0.29, 0.717) is 47.3 Å². The molecule has 9 heteroatoms. The lowest BCUT2D eigenvalue weighted by molar-refractivity contribution is 0.158. The van der Waals surface area contributed by atoms with Crippen LogP contribution in [0.5, 0.6) is 0 Å². The highest BCUT2D eigenvalue weighted by Crippen LogP contribution is 2.39. The molecule has 0 unspecified atom stereocenters. The van der Waals surface area contributed by atoms with Crippen LogP contribution in [-0.4, -0.2) is 31.1 Å². The number of amides is 1. The predicted molar refractivity (Wildman–Crippen MR) is 139 cm³/mol. The number of carboxylic acid groups (broad SMARTS) is 1. The Kier molecular flexibility index (Phi) is 6.85. The fourth-order valence-corrected chi connectivity index (χ4v) is 4.97. The number of aromatic nitrogens is 4. The van der Waals surface area contributed by atoms with Crippen molar-refractivity contribution in [2.24, 2.45) is 0 Å². The first-order chi connectivity index (χ1) is 17.9. The molecule has 1 fully saturated rings. The van der Waals surface area contributed by atoms with Gasteiger partial charge in [0.1, 0.15) is 17.2 Å². The Hall–Kier alpha value is -4.27. The van der Waals surface area contributed by atoms with Crippen molar-refractivity contribution in [3.05, 3.63) is 84.1 Å². The summed E-state index contributed by atoms with van der Waals surface area (Å²) in [5.74, 6) is 0.640. The van der Waals surface area contributed by atoms with E-state index in [-0.39, 0.29) is 11.9 Å². The minimum Gasteiger partial charge on any atom is -0.465 e. The zero-order valence-electron chi connectivity index (χ0n) is 20.5. The van der Waals surface area contributed by atoms with Crippen LogP contribution in [0.4, 0.5) is 15.1 Å². The molecule has 1 aliphatic rings. The van der Waals surface area contributed by atoms with Crippen LogP contribution >= 0.6 is 0 Å². The van der Waals surface area contributed by atoms with Gasteiger partial charge in [-0.25, -0.2) is 24.1 Å². The molecule has 0 radical (unpaired) electrons. The monoisotopic (exact) mass is 500 g/mol. The van der Waals surface area contributed by atoms with E-state index in [1.165, 1.54) is 12.1 Å². The number of imidazole rings is 1. The van der Waals surface area contributed by atoms with E-state index >= 15 is 0 Å². The van der Waals surface area contributed by atoms with Gasteiger partial charge in [-0.2, -0.15) is 0 Å². The largest absolute Gasteiger partial charge is 0.465 e. The van der Waals surface area contributed by atoms with Gasteiger partial charge in [0, 0.05) is 11.8 Å². The molecule has 190 valence electrons. The number of hydrogen-bond donors (Lipinski definition) is 4. The van der Waals surface area contributed by atoms with Crippen molar-refractivity contribution in [2.45, 2.75) is 50.6 Å². The molecule has 1 aliphatic carbocycles. The molecule has 2 heterocycles. The molecule has 0 aliphatic heterocycles. The highest BCUT2D eigenvalue weighted by Gasteiger charge is 2.39. The molecule has 5 rings (SSSR count). The number of halogens is 1. The first-order valence-electron chi connectivity index (χ1n) is 12.5. The van der Waals surface area contributed by atoms with Crippen LogP contribution in [0.2, 0.25) is 0 Å². The first-order valence-corrected chi connectivity index (χ1v) is 12.5. The zero-order chi connectivity index (χ0) is 25.8. The topological polar surface area (TPSA) is 116 Å². The summed E-state index contributed by atoms with van der Waals surface area (Å²) in [7, 11) is 0. The van der Waals surface area contributed by atoms with E-state index in [2.05, 4.69) is 20.6 Å². The molecule has 1 atom stereocenters. The van der Waals surface area contributed by atoms with E-state index in [4.69, 9.17) is 9.97 Å². The minimum absolute atomic E-state index is 0.0179. The van der Waals surface area contributed by atoms with Gasteiger partial charge >= 0.3 is 6.09 Å². The van der Waals surface area contributed by atoms with E-state index in [0.717, 1.165) is 24.8 Å². The molecule has 8 nitrogen and oxygen atoms in total. The summed E-state index contributed by atoms with van der Waals surface area (Å²) in [6.45, 7) is 2.04. The maximum atomic E-state index is 13.7. The van der Waals surface area contributed by atoms with Crippen molar-refractivity contribution in [3.63, 3.8) is 0 Å². The summed E-state index contributed by atoms with van der Waals surface area (Å²) in [6.07, 6.45) is 4.68. The van der Waals surface area contributed by atoms with Crippen molar-refractivity contribution in [3.8, 4) is 22.6 Å². The summed E-state index contributed by atoms with van der Waals surface area (Å²) >= 11 is 0. The summed E-state index contributed by atoms with van der Waals surface area (Å²) in [6, 6.07) is 17.9. The van der Waals surface area contributed by atoms with E-state index < -0.39 is 11.6 Å². The molecule has 0 saturated heterocycles. The van der Waals surface area contributed by atoms with Gasteiger partial charge in [-0.1, -0.05) is 49.6 Å². The SMILES string of the molecule is C[C@@H](Nc1nccc(-c2[nH]c(C3(NC(=O)O)CCCCC3)nc2-c2ccc(F)cc2)n1)c1ccccc1. The molecule has 0 spiro atoms. The Labute approximate surface area is 214 Å². The average Bonchev–Trinajstić information content (AvgIpc) is 3.36. The van der Waals surface area contributed by atoms with Crippen LogP contribution in [0.25, 0.3) is 22.6 Å². The third kappa shape index (κ3) is 5.30. The smallest absolute Gasteiger partial charge is 0.405 e. The van der Waals surface area contributed by atoms with Crippen molar-refractivity contribution < 1.29 is 14.3 Å². The molecule has 1 saturated carbocycles. The number of carbonyl (C=O) groups is 1. The van der Waals surface area contributed by atoms with Gasteiger partial charge in [0.2, 0.25) is 5.95 Å². The minimum atomic E-state index is -1.09. The summed E-state index contributed by atoms with van der Waals surface area (Å²) in [5, 5.41) is 15.7. The Bertz CT molecular complexity index is 1370. The second-order valence-corrected chi connectivity index (χ2v) is 9.43. The molecule has 4 aromatic rings. The number of anilines is 1. The van der Waals surface area contributed by atoms with Gasteiger partial charge < -0.3 is 20.7 Å². The lowest BCUT2D eigenvalue weighted by Crippen LogP contribution is -2.47. The molecular formula is C28H29FN6O2. The maximum absolute atomic E-state index is 13.7. The number of benzene rings is 2. The van der Waals surface area contributed by atoms with E-state index in [9.17, 15) is 14.3 Å². The number of nitrogens with zero attached hydrogens (tertiary/aromatic N) is 3. The van der Waals surface area contributed by atoms with Gasteiger partial charge in [0.25, 0.3) is 0 Å². The van der Waals surface area contributed by atoms with Crippen LogP contribution in [0.1, 0.15) is 56.5 Å². The lowest BCUT2D eigenvalue weighted by Gasteiger charge is -2.35. The lowest BCUT2D eigenvalue weighted by atomic mass is 9.81. The molecule has 4 N–H and O–H groups in total. The number of hydrogen-bond acceptors (Lipinski definition) is 5. The van der Waals surface area contributed by atoms with Crippen molar-refractivity contribution in [1.29, 1.82) is 0 Å². The second-order valence-electron chi connectivity index (χ2n) is 9.43. The standard InChI is InChI=1S/C28H29FN6O2/c1-18(19-8-4-2-5-9-19)31-26-30-17-14-22(32-26)24-23(20-10-12-21(29)13-11-20)33-25(34-24)28(35-27(36)37)15-6-3-7-16-28/h2,4-5,8-14,17-18,35H,3,6-7,15-16H2,1H3,(H,33,34)(H,36,37)(H,30,31,32)/t18-/m1/s1. The van der Waals surface area contributed by atoms with Gasteiger partial charge in [0.05, 0.1) is 23.1 Å². The first kappa shape index (κ1) is 24.4. The number of rotatable bonds is 7. The zero-order valence-corrected chi connectivity index (χ0v) is 20.5. The second kappa shape index (κ2) is 10.4. The van der Waals surface area contributed by atoms with Gasteiger partial charge in [-0.05, 0) is 55.7 Å². The van der Waals surface area contributed by atoms with Crippen molar-refractivity contribution >= 4 is 12.0 Å². The molecule has 37 heavy (non-hydrogen) atoms. The van der Waals surface area contributed by atoms with Crippen LogP contribution in [0.3, 0.4) is 0 Å². The fraction of sp³-hybridized carbons (Fsp3) is 0.286. The summed E-state index contributed by atoms with van der Waals surface area (Å²) in [5.41, 5.74) is 2.77. The van der Waals surface area contributed by atoms with Crippen LogP contribution in [0, 0.1) is 5.82 Å². The maximum Gasteiger partial charge on any atom is 0.405 e. The van der Waals surface area contributed by atoms with Crippen LogP contribution in [0.15, 0.2) is 66.9 Å². The third-order valence-corrected chi connectivity index (χ3v) is 6.88. The predicted octanol–water partition coefficient (Wildman–Crippen LogP) is 6.27. The Morgan fingerprint density at radius 2 is 1.76 bits per heavy atom. The Balaban J connectivity index is 1.57. The normalized spacial score (nSPS) is 15.6. The average molecular weight is 501 g/mol. The Morgan fingerprint density at radius 3 is 2.46 bits per heavy atom. The molecule has 1 amide bonds. The highest BCUT2D eigenvalue weighted by atomic mass is 19.1. The van der Waals surface area contributed by atoms with Crippen molar-refractivity contribution in [1.82, 2.24) is 25.3 Å². The van der Waals surface area contributed by atoms with Crippen molar-refractivity contribution in [2.75, 3.05) is 5.32 Å². The summed E-state index contributed by atoms with van der Waals surface area (Å²) in [4.78, 5) is 29.2. The fourth-order valence-electron chi connectivity index (χ4n) is 4.97. The van der Waals surface area contributed by atoms with Gasteiger partial charge in [-0.15, -0.1) is 0 Å². The third-order valence-electron chi connectivity index (χ3n) is 6.88. The quantitative estimate of drug-likeness (QED) is 0.238. The Morgan fingerprint density at radius 1 is 1.03 bits per heavy atom.